The number of rotatable bonds is 6. The largest absolute Gasteiger partial charge is 0.408 e. The Bertz CT molecular complexity index is 803. The van der Waals surface area contributed by atoms with Gasteiger partial charge in [0.1, 0.15) is 8.24 Å². The minimum atomic E-state index is -1.84. The molecule has 1 aliphatic rings. The van der Waals surface area contributed by atoms with Crippen molar-refractivity contribution in [2.75, 3.05) is 4.23 Å². The standard InChI is InChI=1S/C26H45ClN3Si2/c1-19(2)21-15-14-16-22(20(3)4)24(21)30(32(11,12)13)31(27)23-17-28(25(5,6)7)18-29(23)26(8,9)10/h14-17,19-20H,1-13H3. The molecule has 0 unspecified atom stereocenters. The van der Waals surface area contributed by atoms with Gasteiger partial charge in [-0.25, -0.2) is 0 Å². The average Bonchev–Trinajstić information content (AvgIpc) is 3.06. The Hall–Kier alpha value is -0.916. The van der Waals surface area contributed by atoms with Crippen LogP contribution in [0.2, 0.25) is 19.6 Å². The Kier molecular flexibility index (Phi) is 8.01. The van der Waals surface area contributed by atoms with Crippen LogP contribution in [0.5, 0.6) is 0 Å². The lowest BCUT2D eigenvalue weighted by atomic mass is 9.93. The summed E-state index contributed by atoms with van der Waals surface area (Å²) in [4.78, 5) is 4.50. The Labute approximate surface area is 206 Å². The van der Waals surface area contributed by atoms with Gasteiger partial charge < -0.3 is 14.0 Å². The van der Waals surface area contributed by atoms with Crippen molar-refractivity contribution in [2.45, 2.75) is 112 Å². The van der Waals surface area contributed by atoms with Crippen LogP contribution in [0.15, 0.2) is 29.7 Å². The molecule has 0 spiro atoms. The van der Waals surface area contributed by atoms with Crippen molar-refractivity contribution in [1.29, 1.82) is 0 Å². The van der Waals surface area contributed by atoms with E-state index in [4.69, 9.17) is 11.1 Å². The molecular formula is C26H45ClN3Si2. The Morgan fingerprint density at radius 1 is 0.906 bits per heavy atom. The number of anilines is 1. The molecule has 179 valence electrons. The summed E-state index contributed by atoms with van der Waals surface area (Å²) >= 11 is 7.63. The van der Waals surface area contributed by atoms with Gasteiger partial charge in [0.25, 0.3) is 0 Å². The Morgan fingerprint density at radius 3 is 1.72 bits per heavy atom. The minimum Gasteiger partial charge on any atom is -0.408 e. The number of benzene rings is 1. The number of hydrogen-bond donors (Lipinski definition) is 0. The third kappa shape index (κ3) is 5.76. The molecular weight excluding hydrogens is 446 g/mol. The highest BCUT2D eigenvalue weighted by atomic mass is 35.6. The molecule has 1 aromatic rings. The third-order valence-electron chi connectivity index (χ3n) is 5.74. The van der Waals surface area contributed by atoms with Crippen molar-refractivity contribution in [2.24, 2.45) is 0 Å². The summed E-state index contributed by atoms with van der Waals surface area (Å²) in [5.41, 5.74) is 4.05. The topological polar surface area (TPSA) is 9.72 Å². The Balaban J connectivity index is 2.75. The SMILES string of the molecule is CC(C)c1cccc(C(C)C)c1N([Si](Cl)C1=CN(C(C)(C)C)[C]N1C(C)(C)C)[Si](C)(C)C. The van der Waals surface area contributed by atoms with E-state index in [1.165, 1.54) is 22.1 Å². The van der Waals surface area contributed by atoms with Gasteiger partial charge in [-0.3, -0.25) is 0 Å². The van der Waals surface area contributed by atoms with Gasteiger partial charge >= 0.3 is 8.27 Å². The van der Waals surface area contributed by atoms with Crippen molar-refractivity contribution in [1.82, 2.24) is 9.80 Å². The second kappa shape index (κ2) is 9.38. The first-order valence-corrected chi connectivity index (χ1v) is 17.8. The molecule has 2 rings (SSSR count). The summed E-state index contributed by atoms with van der Waals surface area (Å²) in [6, 6.07) is 6.82. The summed E-state index contributed by atoms with van der Waals surface area (Å²) in [5.74, 6) is 0.879. The van der Waals surface area contributed by atoms with Gasteiger partial charge in [0.15, 0.2) is 0 Å². The van der Waals surface area contributed by atoms with E-state index in [-0.39, 0.29) is 11.1 Å². The number of hydrogen-bond acceptors (Lipinski definition) is 3. The zero-order chi connectivity index (χ0) is 24.8. The second-order valence-corrected chi connectivity index (χ2v) is 20.4. The summed E-state index contributed by atoms with van der Waals surface area (Å²) in [5, 5.41) is 1.20. The van der Waals surface area contributed by atoms with Crippen LogP contribution in [0.4, 0.5) is 5.69 Å². The molecule has 1 aliphatic heterocycles. The monoisotopic (exact) mass is 490 g/mol. The molecule has 0 amide bonds. The van der Waals surface area contributed by atoms with E-state index in [1.807, 2.05) is 0 Å². The molecule has 0 aliphatic carbocycles. The molecule has 0 N–H and O–H groups in total. The maximum absolute atomic E-state index is 7.63. The molecule has 0 saturated heterocycles. The van der Waals surface area contributed by atoms with E-state index in [1.54, 1.807) is 0 Å². The molecule has 0 bridgehead atoms. The van der Waals surface area contributed by atoms with Crippen LogP contribution in [-0.4, -0.2) is 37.4 Å². The molecule has 0 saturated carbocycles. The molecule has 0 fully saturated rings. The lowest BCUT2D eigenvalue weighted by molar-refractivity contribution is 0.163. The summed E-state index contributed by atoms with van der Waals surface area (Å²) < 4.78 is 2.67. The fourth-order valence-electron chi connectivity index (χ4n) is 3.98. The predicted octanol–water partition coefficient (Wildman–Crippen LogP) is 7.89. The summed E-state index contributed by atoms with van der Waals surface area (Å²) in [6.45, 7) is 33.5. The minimum absolute atomic E-state index is 0.0484. The first-order valence-electron chi connectivity index (χ1n) is 11.9. The van der Waals surface area contributed by atoms with Gasteiger partial charge in [-0.2, -0.15) is 0 Å². The van der Waals surface area contributed by atoms with Gasteiger partial charge in [0.05, 0.1) is 5.32 Å². The van der Waals surface area contributed by atoms with Crippen LogP contribution >= 0.6 is 11.1 Å². The van der Waals surface area contributed by atoms with E-state index >= 15 is 0 Å². The van der Waals surface area contributed by atoms with Gasteiger partial charge in [0, 0.05) is 23.0 Å². The average molecular weight is 491 g/mol. The van der Waals surface area contributed by atoms with Crippen molar-refractivity contribution in [3.8, 4) is 0 Å². The van der Waals surface area contributed by atoms with Crippen molar-refractivity contribution >= 4 is 33.3 Å². The summed E-state index contributed by atoms with van der Waals surface area (Å²) in [7, 11) is -3.43. The van der Waals surface area contributed by atoms with Crippen molar-refractivity contribution in [3.63, 3.8) is 0 Å². The lowest BCUT2D eigenvalue weighted by Gasteiger charge is -2.45. The smallest absolute Gasteiger partial charge is 0.329 e. The molecule has 32 heavy (non-hydrogen) atoms. The highest BCUT2D eigenvalue weighted by Gasteiger charge is 2.45. The van der Waals surface area contributed by atoms with E-state index in [2.05, 4.69) is 134 Å². The quantitative estimate of drug-likeness (QED) is 0.296. The molecule has 0 aromatic heterocycles. The lowest BCUT2D eigenvalue weighted by Crippen LogP contribution is -2.57. The fourth-order valence-corrected chi connectivity index (χ4v) is 12.0. The first kappa shape index (κ1) is 27.3. The van der Waals surface area contributed by atoms with Gasteiger partial charge in [-0.05, 0) is 64.5 Å². The highest BCUT2D eigenvalue weighted by Crippen LogP contribution is 2.42. The maximum Gasteiger partial charge on any atom is 0.329 e. The summed E-state index contributed by atoms with van der Waals surface area (Å²) in [6.07, 6.45) is 2.26. The second-order valence-electron chi connectivity index (χ2n) is 12.6. The van der Waals surface area contributed by atoms with Crippen LogP contribution in [0.1, 0.15) is 92.2 Å². The van der Waals surface area contributed by atoms with E-state index in [9.17, 15) is 0 Å². The molecule has 3 radical (unpaired) electrons. The molecule has 0 atom stereocenters. The highest BCUT2D eigenvalue weighted by molar-refractivity contribution is 7.19. The van der Waals surface area contributed by atoms with Crippen LogP contribution in [0.3, 0.4) is 0 Å². The normalized spacial score (nSPS) is 16.0. The zero-order valence-corrected chi connectivity index (χ0v) is 25.4. The predicted molar refractivity (Wildman–Crippen MR) is 147 cm³/mol. The van der Waals surface area contributed by atoms with Gasteiger partial charge in [0.2, 0.25) is 6.67 Å². The van der Waals surface area contributed by atoms with E-state index in [0.29, 0.717) is 11.8 Å². The molecule has 6 heteroatoms. The van der Waals surface area contributed by atoms with E-state index in [0.717, 1.165) is 0 Å². The van der Waals surface area contributed by atoms with E-state index < -0.39 is 16.5 Å². The Morgan fingerprint density at radius 2 is 1.38 bits per heavy atom. The van der Waals surface area contributed by atoms with Crippen LogP contribution in [0, 0.1) is 6.67 Å². The van der Waals surface area contributed by atoms with Crippen molar-refractivity contribution < 1.29 is 0 Å². The number of para-hydroxylation sites is 1. The van der Waals surface area contributed by atoms with Crippen molar-refractivity contribution in [3.05, 3.63) is 47.5 Å². The molecule has 3 nitrogen and oxygen atoms in total. The van der Waals surface area contributed by atoms with Gasteiger partial charge in [-0.1, -0.05) is 65.5 Å². The zero-order valence-electron chi connectivity index (χ0n) is 22.7. The number of halogens is 1. The molecule has 1 heterocycles. The fraction of sp³-hybridized carbons (Fsp3) is 0.654. The molecule has 1 aromatic carbocycles. The van der Waals surface area contributed by atoms with Crippen LogP contribution in [0.25, 0.3) is 0 Å². The maximum atomic E-state index is 7.63. The van der Waals surface area contributed by atoms with Crippen LogP contribution < -0.4 is 4.23 Å². The third-order valence-corrected chi connectivity index (χ3v) is 12.9. The number of nitrogens with zero attached hydrogens (tertiary/aromatic N) is 3. The van der Waals surface area contributed by atoms with Crippen LogP contribution in [-0.2, 0) is 0 Å². The first-order chi connectivity index (χ1) is 14.4. The van der Waals surface area contributed by atoms with Gasteiger partial charge in [-0.15, -0.1) is 11.1 Å².